The second kappa shape index (κ2) is 7.71. The van der Waals surface area contributed by atoms with E-state index in [-0.39, 0.29) is 18.5 Å². The SMILES string of the molecule is CC(CCCC(=O)O)NC(=O)NCc1ccsc1. The van der Waals surface area contributed by atoms with Gasteiger partial charge in [-0.2, -0.15) is 11.3 Å². The number of thiophene rings is 1. The van der Waals surface area contributed by atoms with Gasteiger partial charge in [-0.25, -0.2) is 4.79 Å². The molecule has 0 radical (unpaired) electrons. The molecule has 100 valence electrons. The predicted octanol–water partition coefficient (Wildman–Crippen LogP) is 2.19. The van der Waals surface area contributed by atoms with E-state index in [1.54, 1.807) is 11.3 Å². The molecular formula is C12H18N2O3S. The van der Waals surface area contributed by atoms with E-state index in [0.29, 0.717) is 19.4 Å². The summed E-state index contributed by atoms with van der Waals surface area (Å²) >= 11 is 1.59. The molecule has 18 heavy (non-hydrogen) atoms. The molecule has 0 aromatic carbocycles. The Morgan fingerprint density at radius 2 is 2.28 bits per heavy atom. The highest BCUT2D eigenvalue weighted by Crippen LogP contribution is 2.05. The van der Waals surface area contributed by atoms with Gasteiger partial charge in [-0.05, 0) is 42.2 Å². The fourth-order valence-corrected chi connectivity index (χ4v) is 2.15. The lowest BCUT2D eigenvalue weighted by Crippen LogP contribution is -2.40. The summed E-state index contributed by atoms with van der Waals surface area (Å²) in [6.45, 7) is 2.38. The van der Waals surface area contributed by atoms with Crippen LogP contribution in [-0.4, -0.2) is 23.1 Å². The third-order valence-electron chi connectivity index (χ3n) is 2.44. The zero-order valence-corrected chi connectivity index (χ0v) is 11.1. The Labute approximate surface area is 110 Å². The number of hydrogen-bond acceptors (Lipinski definition) is 3. The van der Waals surface area contributed by atoms with Crippen molar-refractivity contribution in [2.24, 2.45) is 0 Å². The topological polar surface area (TPSA) is 78.4 Å². The Morgan fingerprint density at radius 1 is 1.50 bits per heavy atom. The molecule has 0 saturated heterocycles. The van der Waals surface area contributed by atoms with Gasteiger partial charge in [0.2, 0.25) is 0 Å². The van der Waals surface area contributed by atoms with Gasteiger partial charge in [0.25, 0.3) is 0 Å². The summed E-state index contributed by atoms with van der Waals surface area (Å²) in [6.07, 6.45) is 1.38. The summed E-state index contributed by atoms with van der Waals surface area (Å²) in [4.78, 5) is 21.8. The molecule has 0 bridgehead atoms. The lowest BCUT2D eigenvalue weighted by Gasteiger charge is -2.13. The number of nitrogens with one attached hydrogen (secondary N) is 2. The van der Waals surface area contributed by atoms with Crippen molar-refractivity contribution in [3.63, 3.8) is 0 Å². The van der Waals surface area contributed by atoms with Gasteiger partial charge in [-0.1, -0.05) is 0 Å². The van der Waals surface area contributed by atoms with Crippen LogP contribution in [0, 0.1) is 0 Å². The molecule has 0 saturated carbocycles. The molecule has 0 spiro atoms. The summed E-state index contributed by atoms with van der Waals surface area (Å²) in [5, 5.41) is 18.0. The van der Waals surface area contributed by atoms with Gasteiger partial charge in [-0.15, -0.1) is 0 Å². The molecule has 0 aliphatic carbocycles. The van der Waals surface area contributed by atoms with E-state index in [4.69, 9.17) is 5.11 Å². The molecule has 0 aliphatic rings. The number of hydrogen-bond donors (Lipinski definition) is 3. The van der Waals surface area contributed by atoms with Crippen molar-refractivity contribution in [3.05, 3.63) is 22.4 Å². The molecule has 1 unspecified atom stereocenters. The third kappa shape index (κ3) is 6.24. The lowest BCUT2D eigenvalue weighted by atomic mass is 10.1. The minimum absolute atomic E-state index is 0.0215. The molecule has 1 rings (SSSR count). The zero-order chi connectivity index (χ0) is 13.4. The van der Waals surface area contributed by atoms with Crippen molar-refractivity contribution < 1.29 is 14.7 Å². The molecular weight excluding hydrogens is 252 g/mol. The number of carbonyl (C=O) groups is 2. The average molecular weight is 270 g/mol. The van der Waals surface area contributed by atoms with Crippen molar-refractivity contribution >= 4 is 23.3 Å². The van der Waals surface area contributed by atoms with Gasteiger partial charge in [0.1, 0.15) is 0 Å². The van der Waals surface area contributed by atoms with Gasteiger partial charge in [0.05, 0.1) is 0 Å². The number of carbonyl (C=O) groups excluding carboxylic acids is 1. The summed E-state index contributed by atoms with van der Waals surface area (Å²) < 4.78 is 0. The number of carboxylic acids is 1. The fraction of sp³-hybridized carbons (Fsp3) is 0.500. The van der Waals surface area contributed by atoms with E-state index >= 15 is 0 Å². The van der Waals surface area contributed by atoms with Crippen LogP contribution in [-0.2, 0) is 11.3 Å². The standard InChI is InChI=1S/C12H18N2O3S/c1-9(3-2-4-11(15)16)14-12(17)13-7-10-5-6-18-8-10/h5-6,8-9H,2-4,7H2,1H3,(H,15,16)(H2,13,14,17). The van der Waals surface area contributed by atoms with E-state index in [1.165, 1.54) is 0 Å². The Hall–Kier alpha value is -1.56. The van der Waals surface area contributed by atoms with Crippen LogP contribution in [0.1, 0.15) is 31.7 Å². The first-order chi connectivity index (χ1) is 8.58. The predicted molar refractivity (Wildman–Crippen MR) is 70.6 cm³/mol. The van der Waals surface area contributed by atoms with E-state index in [9.17, 15) is 9.59 Å². The molecule has 0 fully saturated rings. The Morgan fingerprint density at radius 3 is 2.89 bits per heavy atom. The van der Waals surface area contributed by atoms with E-state index < -0.39 is 5.97 Å². The van der Waals surface area contributed by atoms with Crippen molar-refractivity contribution in [3.8, 4) is 0 Å². The molecule has 1 aromatic heterocycles. The lowest BCUT2D eigenvalue weighted by molar-refractivity contribution is -0.137. The first-order valence-corrected chi connectivity index (χ1v) is 6.79. The quantitative estimate of drug-likeness (QED) is 0.710. The second-order valence-corrected chi connectivity index (χ2v) is 4.93. The largest absolute Gasteiger partial charge is 0.481 e. The van der Waals surface area contributed by atoms with Gasteiger partial charge < -0.3 is 15.7 Å². The minimum Gasteiger partial charge on any atom is -0.481 e. The minimum atomic E-state index is -0.802. The van der Waals surface area contributed by atoms with Crippen LogP contribution >= 0.6 is 11.3 Å². The van der Waals surface area contributed by atoms with E-state index in [0.717, 1.165) is 5.56 Å². The van der Waals surface area contributed by atoms with Crippen LogP contribution in [0.3, 0.4) is 0 Å². The average Bonchev–Trinajstić information content (AvgIpc) is 2.78. The molecule has 3 N–H and O–H groups in total. The molecule has 0 aliphatic heterocycles. The Bertz CT molecular complexity index is 379. The van der Waals surface area contributed by atoms with Crippen LogP contribution in [0.5, 0.6) is 0 Å². The Balaban J connectivity index is 2.13. The van der Waals surface area contributed by atoms with Crippen LogP contribution < -0.4 is 10.6 Å². The maximum Gasteiger partial charge on any atom is 0.315 e. The number of amides is 2. The smallest absolute Gasteiger partial charge is 0.315 e. The van der Waals surface area contributed by atoms with Crippen molar-refractivity contribution in [1.29, 1.82) is 0 Å². The number of aliphatic carboxylic acids is 1. The normalized spacial score (nSPS) is 11.8. The van der Waals surface area contributed by atoms with Gasteiger partial charge in [0.15, 0.2) is 0 Å². The van der Waals surface area contributed by atoms with Crippen LogP contribution in [0.2, 0.25) is 0 Å². The third-order valence-corrected chi connectivity index (χ3v) is 3.17. The summed E-state index contributed by atoms with van der Waals surface area (Å²) in [5.41, 5.74) is 1.08. The molecule has 5 nitrogen and oxygen atoms in total. The molecule has 6 heteroatoms. The van der Waals surface area contributed by atoms with Crippen LogP contribution in [0.15, 0.2) is 16.8 Å². The van der Waals surface area contributed by atoms with Crippen LogP contribution in [0.25, 0.3) is 0 Å². The number of carboxylic acid groups (broad SMARTS) is 1. The number of urea groups is 1. The number of rotatable bonds is 7. The molecule has 1 heterocycles. The highest BCUT2D eigenvalue weighted by molar-refractivity contribution is 7.07. The molecule has 2 amide bonds. The first-order valence-electron chi connectivity index (χ1n) is 5.85. The summed E-state index contributed by atoms with van der Waals surface area (Å²) in [7, 11) is 0. The Kier molecular flexibility index (Phi) is 6.21. The van der Waals surface area contributed by atoms with E-state index in [2.05, 4.69) is 10.6 Å². The van der Waals surface area contributed by atoms with Gasteiger partial charge >= 0.3 is 12.0 Å². The van der Waals surface area contributed by atoms with E-state index in [1.807, 2.05) is 23.8 Å². The van der Waals surface area contributed by atoms with Crippen molar-refractivity contribution in [2.75, 3.05) is 0 Å². The highest BCUT2D eigenvalue weighted by Gasteiger charge is 2.07. The van der Waals surface area contributed by atoms with Crippen LogP contribution in [0.4, 0.5) is 4.79 Å². The van der Waals surface area contributed by atoms with Gasteiger partial charge in [-0.3, -0.25) is 4.79 Å². The zero-order valence-electron chi connectivity index (χ0n) is 10.3. The summed E-state index contributed by atoms with van der Waals surface area (Å²) in [6, 6.07) is 1.72. The van der Waals surface area contributed by atoms with Crippen molar-refractivity contribution in [1.82, 2.24) is 10.6 Å². The maximum absolute atomic E-state index is 11.5. The molecule has 1 aromatic rings. The maximum atomic E-state index is 11.5. The molecule has 1 atom stereocenters. The monoisotopic (exact) mass is 270 g/mol. The highest BCUT2D eigenvalue weighted by atomic mass is 32.1. The summed E-state index contributed by atoms with van der Waals surface area (Å²) in [5.74, 6) is -0.802. The fourth-order valence-electron chi connectivity index (χ4n) is 1.48. The van der Waals surface area contributed by atoms with Crippen molar-refractivity contribution in [2.45, 2.75) is 38.8 Å². The van der Waals surface area contributed by atoms with Gasteiger partial charge in [0, 0.05) is 19.0 Å². The first kappa shape index (κ1) is 14.5. The second-order valence-electron chi connectivity index (χ2n) is 4.15.